The Morgan fingerprint density at radius 2 is 1.77 bits per heavy atom. The molecule has 31 heavy (non-hydrogen) atoms. The molecular weight excluding hydrogens is 419 g/mol. The molecule has 0 saturated carbocycles. The third kappa shape index (κ3) is 4.60. The highest BCUT2D eigenvalue weighted by Crippen LogP contribution is 2.41. The van der Waals surface area contributed by atoms with Crippen LogP contribution in [0.5, 0.6) is 5.75 Å². The van der Waals surface area contributed by atoms with E-state index in [1.54, 1.807) is 37.4 Å². The Balaban J connectivity index is 1.28. The van der Waals surface area contributed by atoms with Crippen LogP contribution >= 0.6 is 0 Å². The van der Waals surface area contributed by atoms with Crippen LogP contribution in [0.1, 0.15) is 24.8 Å². The summed E-state index contributed by atoms with van der Waals surface area (Å²) in [5, 5.41) is 0. The van der Waals surface area contributed by atoms with Crippen molar-refractivity contribution in [3.05, 3.63) is 59.9 Å². The summed E-state index contributed by atoms with van der Waals surface area (Å²) in [4.78, 5) is 14.6. The molecule has 2 aliphatic heterocycles. The summed E-state index contributed by atoms with van der Waals surface area (Å²) in [5.41, 5.74) is 0.834. The molecular formula is C23H27FN2O4S. The number of hydrogen-bond acceptors (Lipinski definition) is 4. The molecule has 0 radical (unpaired) electrons. The van der Waals surface area contributed by atoms with Crippen LogP contribution in [-0.4, -0.2) is 56.8 Å². The number of carbonyl (C=O) groups excluding carboxylic acids is 1. The lowest BCUT2D eigenvalue weighted by molar-refractivity contribution is -0.145. The number of carbonyl (C=O) groups is 1. The van der Waals surface area contributed by atoms with Gasteiger partial charge in [0, 0.05) is 38.0 Å². The smallest absolute Gasteiger partial charge is 0.243 e. The van der Waals surface area contributed by atoms with Crippen molar-refractivity contribution in [3.63, 3.8) is 0 Å². The number of amides is 1. The van der Waals surface area contributed by atoms with Gasteiger partial charge < -0.3 is 9.64 Å². The molecule has 8 heteroatoms. The number of piperidine rings is 1. The van der Waals surface area contributed by atoms with E-state index < -0.39 is 10.0 Å². The maximum atomic E-state index is 13.3. The molecule has 166 valence electrons. The minimum Gasteiger partial charge on any atom is -0.497 e. The predicted molar refractivity (Wildman–Crippen MR) is 115 cm³/mol. The minimum absolute atomic E-state index is 0.0143. The molecule has 2 saturated heterocycles. The number of sulfonamides is 1. The molecule has 2 aliphatic rings. The monoisotopic (exact) mass is 446 g/mol. The number of hydrogen-bond donors (Lipinski definition) is 0. The summed E-state index contributed by atoms with van der Waals surface area (Å²) in [6, 6.07) is 12.8. The van der Waals surface area contributed by atoms with E-state index in [9.17, 15) is 17.6 Å². The lowest BCUT2D eigenvalue weighted by atomic mass is 9.72. The summed E-state index contributed by atoms with van der Waals surface area (Å²) in [5.74, 6) is 0.403. The van der Waals surface area contributed by atoms with E-state index in [-0.39, 0.29) is 22.0 Å². The first-order valence-electron chi connectivity index (χ1n) is 10.5. The average molecular weight is 447 g/mol. The van der Waals surface area contributed by atoms with Crippen molar-refractivity contribution in [3.8, 4) is 5.75 Å². The first kappa shape index (κ1) is 21.8. The fraction of sp³-hybridized carbons (Fsp3) is 0.435. The highest BCUT2D eigenvalue weighted by Gasteiger charge is 2.47. The molecule has 0 aliphatic carbocycles. The second-order valence-corrected chi connectivity index (χ2v) is 10.4. The fourth-order valence-electron chi connectivity index (χ4n) is 4.46. The second-order valence-electron chi connectivity index (χ2n) is 8.46. The largest absolute Gasteiger partial charge is 0.497 e. The van der Waals surface area contributed by atoms with Crippen molar-refractivity contribution >= 4 is 15.9 Å². The van der Waals surface area contributed by atoms with Crippen LogP contribution in [0, 0.1) is 11.2 Å². The molecule has 2 aromatic rings. The van der Waals surface area contributed by atoms with Gasteiger partial charge in [-0.05, 0) is 61.2 Å². The van der Waals surface area contributed by atoms with Crippen LogP contribution in [0.3, 0.4) is 0 Å². The Kier molecular flexibility index (Phi) is 6.03. The molecule has 0 unspecified atom stereocenters. The molecule has 0 atom stereocenters. The number of likely N-dealkylation sites (tertiary alicyclic amines) is 1. The van der Waals surface area contributed by atoms with Crippen molar-refractivity contribution in [2.24, 2.45) is 5.41 Å². The molecule has 4 rings (SSSR count). The summed E-state index contributed by atoms with van der Waals surface area (Å²) in [6.45, 7) is 2.26. The summed E-state index contributed by atoms with van der Waals surface area (Å²) >= 11 is 0. The number of benzene rings is 2. The van der Waals surface area contributed by atoms with E-state index in [0.29, 0.717) is 44.8 Å². The van der Waals surface area contributed by atoms with Crippen molar-refractivity contribution in [2.75, 3.05) is 33.3 Å². The lowest BCUT2D eigenvalue weighted by Gasteiger charge is -2.53. The quantitative estimate of drug-likeness (QED) is 0.684. The molecule has 0 N–H and O–H groups in total. The Bertz CT molecular complexity index is 1040. The van der Waals surface area contributed by atoms with Gasteiger partial charge in [0.15, 0.2) is 0 Å². The average Bonchev–Trinajstić information content (AvgIpc) is 2.76. The van der Waals surface area contributed by atoms with Gasteiger partial charge in [-0.15, -0.1) is 0 Å². The van der Waals surface area contributed by atoms with Crippen molar-refractivity contribution in [2.45, 2.75) is 30.6 Å². The molecule has 6 nitrogen and oxygen atoms in total. The minimum atomic E-state index is -3.53. The fourth-order valence-corrected chi connectivity index (χ4v) is 5.90. The molecule has 2 aromatic carbocycles. The second kappa shape index (κ2) is 8.59. The van der Waals surface area contributed by atoms with Crippen LogP contribution in [0.2, 0.25) is 0 Å². The van der Waals surface area contributed by atoms with Gasteiger partial charge in [0.2, 0.25) is 15.9 Å². The summed E-state index contributed by atoms with van der Waals surface area (Å²) in [7, 11) is -1.98. The number of ether oxygens (including phenoxy) is 1. The maximum absolute atomic E-state index is 13.3. The molecule has 0 bridgehead atoms. The van der Waals surface area contributed by atoms with Crippen LogP contribution < -0.4 is 4.74 Å². The number of rotatable bonds is 6. The predicted octanol–water partition coefficient (Wildman–Crippen LogP) is 3.08. The van der Waals surface area contributed by atoms with Crippen LogP contribution in [0.4, 0.5) is 4.39 Å². The van der Waals surface area contributed by atoms with Crippen LogP contribution in [0.15, 0.2) is 53.4 Å². The Hall–Kier alpha value is -2.45. The Morgan fingerprint density at radius 3 is 2.39 bits per heavy atom. The van der Waals surface area contributed by atoms with E-state index in [1.165, 1.54) is 16.4 Å². The Labute approximate surface area is 182 Å². The summed E-state index contributed by atoms with van der Waals surface area (Å²) < 4.78 is 45.7. The topological polar surface area (TPSA) is 66.9 Å². The third-order valence-electron chi connectivity index (χ3n) is 6.40. The number of methoxy groups -OCH3 is 1. The molecule has 2 heterocycles. The van der Waals surface area contributed by atoms with Gasteiger partial charge in [-0.3, -0.25) is 4.79 Å². The normalized spacial score (nSPS) is 18.6. The number of halogens is 1. The standard InChI is InChI=1S/C23H27FN2O4S/c1-30-20-6-8-21(9-7-20)31(28,29)26-13-11-23(12-14-26)16-25(17-23)22(27)10-5-18-3-2-4-19(24)15-18/h2-4,6-9,15H,5,10-14,16-17H2,1H3. The van der Waals surface area contributed by atoms with Gasteiger partial charge in [0.1, 0.15) is 11.6 Å². The van der Waals surface area contributed by atoms with Gasteiger partial charge in [-0.25, -0.2) is 12.8 Å². The van der Waals surface area contributed by atoms with E-state index in [1.807, 2.05) is 11.0 Å². The van der Waals surface area contributed by atoms with Gasteiger partial charge in [-0.1, -0.05) is 12.1 Å². The van der Waals surface area contributed by atoms with Crippen molar-refractivity contribution < 1.29 is 22.3 Å². The summed E-state index contributed by atoms with van der Waals surface area (Å²) in [6.07, 6.45) is 2.37. The van der Waals surface area contributed by atoms with E-state index in [4.69, 9.17) is 4.74 Å². The van der Waals surface area contributed by atoms with Gasteiger partial charge in [0.05, 0.1) is 12.0 Å². The number of aryl methyl sites for hydroxylation is 1. The zero-order chi connectivity index (χ0) is 22.1. The molecule has 1 amide bonds. The van der Waals surface area contributed by atoms with Gasteiger partial charge in [-0.2, -0.15) is 4.31 Å². The maximum Gasteiger partial charge on any atom is 0.243 e. The van der Waals surface area contributed by atoms with Crippen molar-refractivity contribution in [1.82, 2.24) is 9.21 Å². The Morgan fingerprint density at radius 1 is 1.10 bits per heavy atom. The SMILES string of the molecule is COc1ccc(S(=O)(=O)N2CCC3(CC2)CN(C(=O)CCc2cccc(F)c2)C3)cc1. The number of nitrogens with zero attached hydrogens (tertiary/aromatic N) is 2. The lowest BCUT2D eigenvalue weighted by Crippen LogP contribution is -2.62. The van der Waals surface area contributed by atoms with E-state index in [2.05, 4.69) is 0 Å². The first-order chi connectivity index (χ1) is 14.8. The molecule has 2 fully saturated rings. The zero-order valence-electron chi connectivity index (χ0n) is 17.6. The molecule has 0 aromatic heterocycles. The van der Waals surface area contributed by atoms with Gasteiger partial charge in [0.25, 0.3) is 0 Å². The van der Waals surface area contributed by atoms with E-state index >= 15 is 0 Å². The third-order valence-corrected chi connectivity index (χ3v) is 8.31. The first-order valence-corrected chi connectivity index (χ1v) is 11.9. The van der Waals surface area contributed by atoms with Crippen LogP contribution in [0.25, 0.3) is 0 Å². The van der Waals surface area contributed by atoms with Crippen molar-refractivity contribution in [1.29, 1.82) is 0 Å². The van der Waals surface area contributed by atoms with Gasteiger partial charge >= 0.3 is 0 Å². The zero-order valence-corrected chi connectivity index (χ0v) is 18.4. The highest BCUT2D eigenvalue weighted by molar-refractivity contribution is 7.89. The highest BCUT2D eigenvalue weighted by atomic mass is 32.2. The van der Waals surface area contributed by atoms with E-state index in [0.717, 1.165) is 18.4 Å². The molecule has 1 spiro atoms. The van der Waals surface area contributed by atoms with Crippen LogP contribution in [-0.2, 0) is 21.2 Å².